The molecule has 86 valence electrons. The van der Waals surface area contributed by atoms with Gasteiger partial charge in [0.15, 0.2) is 0 Å². The molecule has 2 aliphatic rings. The fourth-order valence-electron chi connectivity index (χ4n) is 3.03. The number of fused-ring (bicyclic) bond motifs is 1. The Bertz CT molecular complexity index is 230. The first-order valence-electron chi connectivity index (χ1n) is 5.92. The zero-order valence-electron chi connectivity index (χ0n) is 9.62. The van der Waals surface area contributed by atoms with Crippen LogP contribution in [-0.4, -0.2) is 37.5 Å². The Hall–Kier alpha value is -0.610. The highest BCUT2D eigenvalue weighted by atomic mass is 16.2. The predicted octanol–water partition coefficient (Wildman–Crippen LogP) is 0.215. The first kappa shape index (κ1) is 10.9. The van der Waals surface area contributed by atoms with Gasteiger partial charge in [-0.05, 0) is 31.7 Å². The van der Waals surface area contributed by atoms with Crippen LogP contribution in [0.4, 0.5) is 0 Å². The SMILES string of the molecule is CCNNC(=O)C1CC2CN(C)CC2C1. The van der Waals surface area contributed by atoms with Gasteiger partial charge >= 0.3 is 0 Å². The van der Waals surface area contributed by atoms with Crippen LogP contribution in [0.25, 0.3) is 0 Å². The van der Waals surface area contributed by atoms with Crippen LogP contribution in [0, 0.1) is 17.8 Å². The summed E-state index contributed by atoms with van der Waals surface area (Å²) in [7, 11) is 2.17. The van der Waals surface area contributed by atoms with Crippen LogP contribution in [0.1, 0.15) is 19.8 Å². The molecule has 0 aromatic carbocycles. The Morgan fingerprint density at radius 2 is 1.93 bits per heavy atom. The fourth-order valence-corrected chi connectivity index (χ4v) is 3.03. The van der Waals surface area contributed by atoms with Gasteiger partial charge in [0.25, 0.3) is 0 Å². The van der Waals surface area contributed by atoms with Crippen LogP contribution in [0.2, 0.25) is 0 Å². The number of amides is 1. The minimum absolute atomic E-state index is 0.189. The van der Waals surface area contributed by atoms with E-state index < -0.39 is 0 Å². The zero-order chi connectivity index (χ0) is 10.8. The second-order valence-electron chi connectivity index (χ2n) is 4.93. The molecule has 2 rings (SSSR count). The summed E-state index contributed by atoms with van der Waals surface area (Å²) in [5.41, 5.74) is 5.66. The maximum atomic E-state index is 11.7. The Morgan fingerprint density at radius 3 is 2.47 bits per heavy atom. The van der Waals surface area contributed by atoms with E-state index in [0.29, 0.717) is 0 Å². The fraction of sp³-hybridized carbons (Fsp3) is 0.909. The van der Waals surface area contributed by atoms with Crippen molar-refractivity contribution in [3.8, 4) is 0 Å². The number of hydrazine groups is 1. The summed E-state index contributed by atoms with van der Waals surface area (Å²) in [6.07, 6.45) is 2.15. The third kappa shape index (κ3) is 2.32. The quantitative estimate of drug-likeness (QED) is 0.656. The van der Waals surface area contributed by atoms with Crippen LogP contribution in [0.15, 0.2) is 0 Å². The monoisotopic (exact) mass is 211 g/mol. The van der Waals surface area contributed by atoms with E-state index in [1.165, 1.54) is 13.1 Å². The van der Waals surface area contributed by atoms with Crippen LogP contribution in [0.5, 0.6) is 0 Å². The maximum absolute atomic E-state index is 11.7. The smallest absolute Gasteiger partial charge is 0.237 e. The molecular formula is C11H21N3O. The Kier molecular flexibility index (Phi) is 3.26. The average molecular weight is 211 g/mol. The minimum Gasteiger partial charge on any atom is -0.306 e. The molecule has 0 spiro atoms. The van der Waals surface area contributed by atoms with Gasteiger partial charge in [-0.25, -0.2) is 5.43 Å². The Morgan fingerprint density at radius 1 is 1.33 bits per heavy atom. The number of hydrogen-bond donors (Lipinski definition) is 2. The molecule has 0 bridgehead atoms. The van der Waals surface area contributed by atoms with E-state index in [9.17, 15) is 4.79 Å². The van der Waals surface area contributed by atoms with Gasteiger partial charge in [0, 0.05) is 25.6 Å². The van der Waals surface area contributed by atoms with Crippen molar-refractivity contribution in [2.45, 2.75) is 19.8 Å². The summed E-state index contributed by atoms with van der Waals surface area (Å²) in [6.45, 7) is 5.12. The van der Waals surface area contributed by atoms with Crippen molar-refractivity contribution in [3.63, 3.8) is 0 Å². The lowest BCUT2D eigenvalue weighted by Crippen LogP contribution is -2.40. The van der Waals surface area contributed by atoms with Gasteiger partial charge in [-0.2, -0.15) is 0 Å². The molecule has 0 aromatic rings. The molecule has 2 unspecified atom stereocenters. The zero-order valence-corrected chi connectivity index (χ0v) is 9.62. The van der Waals surface area contributed by atoms with Crippen molar-refractivity contribution < 1.29 is 4.79 Å². The van der Waals surface area contributed by atoms with Crippen molar-refractivity contribution in [1.29, 1.82) is 0 Å². The van der Waals surface area contributed by atoms with E-state index in [1.54, 1.807) is 0 Å². The number of nitrogens with one attached hydrogen (secondary N) is 2. The normalized spacial score (nSPS) is 35.5. The van der Waals surface area contributed by atoms with E-state index in [2.05, 4.69) is 22.8 Å². The molecular weight excluding hydrogens is 190 g/mol. The van der Waals surface area contributed by atoms with Gasteiger partial charge in [0.05, 0.1) is 0 Å². The maximum Gasteiger partial charge on any atom is 0.237 e. The number of nitrogens with zero attached hydrogens (tertiary/aromatic N) is 1. The molecule has 2 N–H and O–H groups in total. The van der Waals surface area contributed by atoms with Gasteiger partial charge in [-0.15, -0.1) is 0 Å². The topological polar surface area (TPSA) is 44.4 Å². The predicted molar refractivity (Wildman–Crippen MR) is 59.0 cm³/mol. The van der Waals surface area contributed by atoms with E-state index in [-0.39, 0.29) is 11.8 Å². The van der Waals surface area contributed by atoms with Crippen molar-refractivity contribution in [1.82, 2.24) is 15.8 Å². The van der Waals surface area contributed by atoms with E-state index in [4.69, 9.17) is 0 Å². The molecule has 1 saturated heterocycles. The summed E-state index contributed by atoms with van der Waals surface area (Å²) in [5.74, 6) is 1.95. The van der Waals surface area contributed by atoms with Gasteiger partial charge in [0.1, 0.15) is 0 Å². The highest BCUT2D eigenvalue weighted by Crippen LogP contribution is 2.40. The molecule has 1 aliphatic heterocycles. The standard InChI is InChI=1S/C11H21N3O/c1-3-12-13-11(15)8-4-9-6-14(2)7-10(9)5-8/h8-10,12H,3-7H2,1-2H3,(H,13,15). The first-order chi connectivity index (χ1) is 7.20. The molecule has 4 heteroatoms. The van der Waals surface area contributed by atoms with Crippen LogP contribution < -0.4 is 10.9 Å². The van der Waals surface area contributed by atoms with Gasteiger partial charge in [-0.1, -0.05) is 6.92 Å². The van der Waals surface area contributed by atoms with E-state index in [1.807, 2.05) is 6.92 Å². The minimum atomic E-state index is 0.189. The third-order valence-corrected chi connectivity index (χ3v) is 3.69. The molecule has 1 saturated carbocycles. The van der Waals surface area contributed by atoms with Crippen molar-refractivity contribution in [3.05, 3.63) is 0 Å². The first-order valence-corrected chi connectivity index (χ1v) is 5.92. The molecule has 15 heavy (non-hydrogen) atoms. The van der Waals surface area contributed by atoms with Crippen LogP contribution >= 0.6 is 0 Å². The van der Waals surface area contributed by atoms with Gasteiger partial charge in [-0.3, -0.25) is 10.2 Å². The number of hydrogen-bond acceptors (Lipinski definition) is 3. The molecule has 2 fully saturated rings. The molecule has 1 heterocycles. The van der Waals surface area contributed by atoms with Crippen LogP contribution in [-0.2, 0) is 4.79 Å². The van der Waals surface area contributed by atoms with Crippen molar-refractivity contribution in [2.24, 2.45) is 17.8 Å². The van der Waals surface area contributed by atoms with Crippen molar-refractivity contribution >= 4 is 5.91 Å². The number of carbonyl (C=O) groups is 1. The van der Waals surface area contributed by atoms with Crippen LogP contribution in [0.3, 0.4) is 0 Å². The highest BCUT2D eigenvalue weighted by molar-refractivity contribution is 5.78. The van der Waals surface area contributed by atoms with E-state index >= 15 is 0 Å². The summed E-state index contributed by atoms with van der Waals surface area (Å²) < 4.78 is 0. The Balaban J connectivity index is 1.81. The molecule has 0 aromatic heterocycles. The second kappa shape index (κ2) is 4.49. The van der Waals surface area contributed by atoms with E-state index in [0.717, 1.165) is 31.2 Å². The highest BCUT2D eigenvalue weighted by Gasteiger charge is 2.42. The lowest BCUT2D eigenvalue weighted by atomic mass is 10.0. The lowest BCUT2D eigenvalue weighted by Gasteiger charge is -2.14. The lowest BCUT2D eigenvalue weighted by molar-refractivity contribution is -0.126. The average Bonchev–Trinajstić information content (AvgIpc) is 2.70. The third-order valence-electron chi connectivity index (χ3n) is 3.69. The number of rotatable bonds is 3. The number of carbonyl (C=O) groups excluding carboxylic acids is 1. The molecule has 1 aliphatic carbocycles. The molecule has 0 radical (unpaired) electrons. The molecule has 2 atom stereocenters. The Labute approximate surface area is 91.4 Å². The number of likely N-dealkylation sites (tertiary alicyclic amines) is 1. The summed E-state index contributed by atoms with van der Waals surface area (Å²) >= 11 is 0. The summed E-state index contributed by atoms with van der Waals surface area (Å²) in [4.78, 5) is 14.1. The second-order valence-corrected chi connectivity index (χ2v) is 4.93. The summed E-state index contributed by atoms with van der Waals surface area (Å²) in [5, 5.41) is 0. The molecule has 1 amide bonds. The molecule has 4 nitrogen and oxygen atoms in total. The summed E-state index contributed by atoms with van der Waals surface area (Å²) in [6, 6.07) is 0. The van der Waals surface area contributed by atoms with Crippen molar-refractivity contribution in [2.75, 3.05) is 26.7 Å². The van der Waals surface area contributed by atoms with Gasteiger partial charge < -0.3 is 4.90 Å². The van der Waals surface area contributed by atoms with Gasteiger partial charge in [0.2, 0.25) is 5.91 Å². The largest absolute Gasteiger partial charge is 0.306 e.